The molecule has 198 valence electrons. The van der Waals surface area contributed by atoms with E-state index in [4.69, 9.17) is 9.84 Å². The lowest BCUT2D eigenvalue weighted by atomic mass is 10.0. The molecule has 0 atom stereocenters. The Balaban J connectivity index is 1.35. The molecule has 2 aromatic heterocycles. The van der Waals surface area contributed by atoms with Gasteiger partial charge in [0, 0.05) is 48.3 Å². The molecule has 0 aliphatic carbocycles. The van der Waals surface area contributed by atoms with Crippen LogP contribution in [0.3, 0.4) is 0 Å². The van der Waals surface area contributed by atoms with E-state index in [1.807, 2.05) is 78.9 Å². The van der Waals surface area contributed by atoms with E-state index >= 15 is 0 Å². The van der Waals surface area contributed by atoms with Crippen LogP contribution in [0.2, 0.25) is 0 Å². The van der Waals surface area contributed by atoms with E-state index in [2.05, 4.69) is 47.8 Å². The molecule has 0 bridgehead atoms. The second kappa shape index (κ2) is 12.4. The average Bonchev–Trinajstić information content (AvgIpc) is 2.99. The van der Waals surface area contributed by atoms with Crippen LogP contribution in [-0.2, 0) is 6.54 Å². The predicted molar refractivity (Wildman–Crippen MR) is 158 cm³/mol. The van der Waals surface area contributed by atoms with Crippen LogP contribution in [-0.4, -0.2) is 29.5 Å². The number of aromatic nitrogens is 3. The van der Waals surface area contributed by atoms with Gasteiger partial charge in [0.1, 0.15) is 12.3 Å². The Morgan fingerprint density at radius 3 is 2.18 bits per heavy atom. The summed E-state index contributed by atoms with van der Waals surface area (Å²) in [4.78, 5) is 15.7. The molecule has 0 radical (unpaired) electrons. The van der Waals surface area contributed by atoms with Gasteiger partial charge in [-0.2, -0.15) is 9.78 Å². The van der Waals surface area contributed by atoms with Gasteiger partial charge in [-0.3, -0.25) is 4.79 Å². The maximum Gasteiger partial charge on any atom is 0.279 e. The maximum atomic E-state index is 13.4. The van der Waals surface area contributed by atoms with Crippen molar-refractivity contribution in [2.45, 2.75) is 33.2 Å². The summed E-state index contributed by atoms with van der Waals surface area (Å²) in [5, 5.41) is 6.33. The van der Waals surface area contributed by atoms with Crippen molar-refractivity contribution in [3.8, 4) is 22.7 Å². The number of benzene rings is 3. The molecule has 0 amide bonds. The third-order valence-corrected chi connectivity index (χ3v) is 7.01. The first kappa shape index (κ1) is 26.2. The number of hydrogen-bond donors (Lipinski definition) is 0. The van der Waals surface area contributed by atoms with E-state index in [1.54, 1.807) is 0 Å². The molecule has 0 unspecified atom stereocenters. The highest BCUT2D eigenvalue weighted by atomic mass is 16.5. The predicted octanol–water partition coefficient (Wildman–Crippen LogP) is 6.05. The van der Waals surface area contributed by atoms with Crippen molar-refractivity contribution in [2.75, 3.05) is 24.6 Å². The summed E-state index contributed by atoms with van der Waals surface area (Å²) in [5.74, 6) is 0.829. The normalized spacial score (nSPS) is 11.0. The molecule has 0 fully saturated rings. The third-order valence-electron chi connectivity index (χ3n) is 7.01. The minimum atomic E-state index is -0.126. The first-order valence-electron chi connectivity index (χ1n) is 13.7. The summed E-state index contributed by atoms with van der Waals surface area (Å²) < 4.78 is 9.69. The Hall–Kier alpha value is -4.45. The van der Waals surface area contributed by atoms with Gasteiger partial charge in [0.2, 0.25) is 0 Å². The van der Waals surface area contributed by atoms with Gasteiger partial charge >= 0.3 is 0 Å². The van der Waals surface area contributed by atoms with Crippen molar-refractivity contribution >= 4 is 16.5 Å². The first-order valence-corrected chi connectivity index (χ1v) is 13.7. The molecule has 0 N–H and O–H groups in total. The van der Waals surface area contributed by atoms with Gasteiger partial charge in [-0.05, 0) is 74.9 Å². The second-order valence-electron chi connectivity index (χ2n) is 9.49. The average molecular weight is 520 g/mol. The SMILES string of the molecule is CCN(CC)c1ccc(-n2nc(-c3ccc(OCCCC[n+]4ccccc4)cc3)c3ccccc3c2=O)cc1. The summed E-state index contributed by atoms with van der Waals surface area (Å²) in [5.41, 5.74) is 3.46. The quantitative estimate of drug-likeness (QED) is 0.158. The van der Waals surface area contributed by atoms with E-state index in [0.29, 0.717) is 12.0 Å². The molecule has 5 rings (SSSR count). The Kier molecular flexibility index (Phi) is 8.32. The molecule has 6 heteroatoms. The van der Waals surface area contributed by atoms with Crippen LogP contribution in [0.25, 0.3) is 27.7 Å². The lowest BCUT2D eigenvalue weighted by Crippen LogP contribution is -2.32. The zero-order chi connectivity index (χ0) is 27.0. The number of anilines is 1. The minimum Gasteiger partial charge on any atom is -0.494 e. The fourth-order valence-corrected chi connectivity index (χ4v) is 4.85. The van der Waals surface area contributed by atoms with E-state index in [0.717, 1.165) is 66.2 Å². The van der Waals surface area contributed by atoms with Crippen molar-refractivity contribution in [3.05, 3.63) is 114 Å². The number of nitrogens with zero attached hydrogens (tertiary/aromatic N) is 4. The Morgan fingerprint density at radius 2 is 1.49 bits per heavy atom. The second-order valence-corrected chi connectivity index (χ2v) is 9.49. The largest absolute Gasteiger partial charge is 0.494 e. The van der Waals surface area contributed by atoms with Crippen molar-refractivity contribution in [3.63, 3.8) is 0 Å². The molecule has 2 heterocycles. The molecule has 39 heavy (non-hydrogen) atoms. The minimum absolute atomic E-state index is 0.126. The van der Waals surface area contributed by atoms with Gasteiger partial charge in [0.05, 0.1) is 23.4 Å². The van der Waals surface area contributed by atoms with Crippen LogP contribution in [0, 0.1) is 0 Å². The van der Waals surface area contributed by atoms with Gasteiger partial charge < -0.3 is 9.64 Å². The number of rotatable bonds is 11. The summed E-state index contributed by atoms with van der Waals surface area (Å²) in [6.07, 6.45) is 6.21. The van der Waals surface area contributed by atoms with Crippen molar-refractivity contribution < 1.29 is 9.30 Å². The lowest BCUT2D eigenvalue weighted by molar-refractivity contribution is -0.697. The lowest BCUT2D eigenvalue weighted by Gasteiger charge is -2.21. The highest BCUT2D eigenvalue weighted by Crippen LogP contribution is 2.27. The number of hydrogen-bond acceptors (Lipinski definition) is 4. The number of aryl methyl sites for hydroxylation is 1. The molecule has 0 aliphatic heterocycles. The monoisotopic (exact) mass is 519 g/mol. The smallest absolute Gasteiger partial charge is 0.279 e. The van der Waals surface area contributed by atoms with Crippen LogP contribution in [0.5, 0.6) is 5.75 Å². The van der Waals surface area contributed by atoms with Gasteiger partial charge in [0.25, 0.3) is 5.56 Å². The molecular weight excluding hydrogens is 484 g/mol. The Labute approximate surface area is 229 Å². The van der Waals surface area contributed by atoms with Crippen LogP contribution < -0.4 is 19.8 Å². The van der Waals surface area contributed by atoms with E-state index in [1.165, 1.54) is 4.68 Å². The highest BCUT2D eigenvalue weighted by Gasteiger charge is 2.14. The third kappa shape index (κ3) is 6.01. The number of fused-ring (bicyclic) bond motifs is 1. The van der Waals surface area contributed by atoms with E-state index < -0.39 is 0 Å². The Bertz CT molecular complexity index is 1560. The number of unbranched alkanes of at least 4 members (excludes halogenated alkanes) is 1. The van der Waals surface area contributed by atoms with Gasteiger partial charge in [-0.1, -0.05) is 24.3 Å². The molecule has 6 nitrogen and oxygen atoms in total. The molecular formula is C33H35N4O2+. The van der Waals surface area contributed by atoms with Crippen LogP contribution in [0.1, 0.15) is 26.7 Å². The number of ether oxygens (including phenoxy) is 1. The summed E-state index contributed by atoms with van der Waals surface area (Å²) in [6, 6.07) is 29.8. The van der Waals surface area contributed by atoms with E-state index in [9.17, 15) is 4.79 Å². The van der Waals surface area contributed by atoms with Gasteiger partial charge in [0.15, 0.2) is 12.4 Å². The van der Waals surface area contributed by atoms with Crippen molar-refractivity contribution in [1.29, 1.82) is 0 Å². The zero-order valence-corrected chi connectivity index (χ0v) is 22.7. The maximum absolute atomic E-state index is 13.4. The van der Waals surface area contributed by atoms with Crippen molar-refractivity contribution in [1.82, 2.24) is 9.78 Å². The van der Waals surface area contributed by atoms with Gasteiger partial charge in [-0.15, -0.1) is 0 Å². The van der Waals surface area contributed by atoms with Crippen molar-refractivity contribution in [2.24, 2.45) is 0 Å². The number of pyridine rings is 1. The van der Waals surface area contributed by atoms with Crippen LogP contribution >= 0.6 is 0 Å². The van der Waals surface area contributed by atoms with Crippen LogP contribution in [0.4, 0.5) is 5.69 Å². The summed E-state index contributed by atoms with van der Waals surface area (Å²) in [7, 11) is 0. The first-order chi connectivity index (χ1) is 19.2. The molecule has 3 aromatic carbocycles. The fraction of sp³-hybridized carbons (Fsp3) is 0.242. The Morgan fingerprint density at radius 1 is 0.795 bits per heavy atom. The van der Waals surface area contributed by atoms with Crippen LogP contribution in [0.15, 0.2) is 108 Å². The molecule has 0 spiro atoms. The highest BCUT2D eigenvalue weighted by molar-refractivity contribution is 5.94. The fourth-order valence-electron chi connectivity index (χ4n) is 4.85. The topological polar surface area (TPSA) is 51.2 Å². The molecule has 0 saturated carbocycles. The molecule has 0 saturated heterocycles. The zero-order valence-electron chi connectivity index (χ0n) is 22.7. The molecule has 0 aliphatic rings. The summed E-state index contributed by atoms with van der Waals surface area (Å²) in [6.45, 7) is 7.79. The summed E-state index contributed by atoms with van der Waals surface area (Å²) >= 11 is 0. The standard InChI is InChI=1S/C33H35N4O2/c1-3-36(4-2)27-16-18-28(19-17-27)37-33(38)31-13-7-6-12-30(31)32(34-37)26-14-20-29(21-15-26)39-25-11-10-24-35-22-8-5-9-23-35/h5-9,12-23H,3-4,10-11,24-25H2,1-2H3/q+1. The van der Waals surface area contributed by atoms with E-state index in [-0.39, 0.29) is 5.56 Å². The molecule has 5 aromatic rings. The van der Waals surface area contributed by atoms with Gasteiger partial charge in [-0.25, -0.2) is 4.57 Å².